The zero-order chi connectivity index (χ0) is 27.2. The summed E-state index contributed by atoms with van der Waals surface area (Å²) in [4.78, 5) is 41.3. The minimum absolute atomic E-state index is 0.00974. The van der Waals surface area contributed by atoms with Gasteiger partial charge in [-0.3, -0.25) is 9.59 Å². The summed E-state index contributed by atoms with van der Waals surface area (Å²) < 4.78 is 0. The molecule has 0 aliphatic heterocycles. The Labute approximate surface area is 231 Å². The molecule has 0 unspecified atom stereocenters. The van der Waals surface area contributed by atoms with Crippen LogP contribution in [0, 0.1) is 0 Å². The summed E-state index contributed by atoms with van der Waals surface area (Å²) in [5.74, 6) is 0.0379. The lowest BCUT2D eigenvalue weighted by Gasteiger charge is -2.30. The molecule has 0 radical (unpaired) electrons. The van der Waals surface area contributed by atoms with E-state index in [1.807, 2.05) is 37.4 Å². The number of halogens is 1. The number of aromatic nitrogens is 4. The molecule has 3 aromatic heterocycles. The molecule has 0 spiro atoms. The van der Waals surface area contributed by atoms with Crippen molar-refractivity contribution in [1.29, 1.82) is 0 Å². The molecule has 9 nitrogen and oxygen atoms in total. The van der Waals surface area contributed by atoms with Crippen LogP contribution in [0.15, 0.2) is 67.1 Å². The van der Waals surface area contributed by atoms with E-state index >= 15 is 0 Å². The van der Waals surface area contributed by atoms with E-state index in [4.69, 9.17) is 16.6 Å². The Morgan fingerprint density at radius 2 is 1.97 bits per heavy atom. The fraction of sp³-hybridized carbons (Fsp3) is 0.276. The highest BCUT2D eigenvalue weighted by Gasteiger charge is 2.25. The lowest BCUT2D eigenvalue weighted by Crippen LogP contribution is -2.42. The van der Waals surface area contributed by atoms with Crippen LogP contribution in [0.5, 0.6) is 0 Å². The van der Waals surface area contributed by atoms with Gasteiger partial charge >= 0.3 is 0 Å². The largest absolute Gasteiger partial charge is 0.361 e. The van der Waals surface area contributed by atoms with Gasteiger partial charge in [-0.1, -0.05) is 36.7 Å². The minimum Gasteiger partial charge on any atom is -0.361 e. The summed E-state index contributed by atoms with van der Waals surface area (Å²) in [5.41, 5.74) is 3.47. The first kappa shape index (κ1) is 26.4. The van der Waals surface area contributed by atoms with E-state index in [0.717, 1.165) is 48.6 Å². The molecule has 1 aliphatic carbocycles. The summed E-state index contributed by atoms with van der Waals surface area (Å²) in [6, 6.07) is 11.4. The Morgan fingerprint density at radius 1 is 1.10 bits per heavy atom. The summed E-state index contributed by atoms with van der Waals surface area (Å²) in [5, 5.41) is 10.8. The SMILES string of the molecule is CC/C=C/C(=O)Nc1ccc(C(=O)N[C@H]2CCC[C@@H](Nc3ncc(Cl)c(-c4cccc5[nH]ccc45)n3)C2)nc1. The third-order valence-corrected chi connectivity index (χ3v) is 6.98. The van der Waals surface area contributed by atoms with E-state index in [2.05, 4.69) is 30.9 Å². The number of H-pyrrole nitrogens is 1. The summed E-state index contributed by atoms with van der Waals surface area (Å²) in [6.07, 6.45) is 12.6. The number of nitrogens with one attached hydrogen (secondary N) is 4. The Balaban J connectivity index is 1.20. The monoisotopic (exact) mass is 543 g/mol. The fourth-order valence-corrected chi connectivity index (χ4v) is 5.02. The number of nitrogens with zero attached hydrogens (tertiary/aromatic N) is 3. The number of anilines is 2. The second-order valence-corrected chi connectivity index (χ2v) is 9.95. The lowest BCUT2D eigenvalue weighted by molar-refractivity contribution is -0.111. The zero-order valence-corrected chi connectivity index (χ0v) is 22.3. The van der Waals surface area contributed by atoms with Crippen LogP contribution in [0.4, 0.5) is 11.6 Å². The van der Waals surface area contributed by atoms with Crippen LogP contribution in [-0.4, -0.2) is 43.8 Å². The zero-order valence-electron chi connectivity index (χ0n) is 21.6. The molecule has 2 atom stereocenters. The number of hydrogen-bond acceptors (Lipinski definition) is 6. The maximum absolute atomic E-state index is 12.8. The molecular formula is C29H30ClN7O2. The summed E-state index contributed by atoms with van der Waals surface area (Å²) in [6.45, 7) is 1.96. The van der Waals surface area contributed by atoms with E-state index < -0.39 is 0 Å². The molecule has 4 N–H and O–H groups in total. The predicted molar refractivity (Wildman–Crippen MR) is 154 cm³/mol. The van der Waals surface area contributed by atoms with E-state index in [1.54, 1.807) is 24.4 Å². The molecule has 1 saturated carbocycles. The molecule has 10 heteroatoms. The Kier molecular flexibility index (Phi) is 8.17. The van der Waals surface area contributed by atoms with Gasteiger partial charge in [-0.05, 0) is 62.4 Å². The van der Waals surface area contributed by atoms with Crippen molar-refractivity contribution >= 4 is 46.0 Å². The first-order valence-electron chi connectivity index (χ1n) is 13.1. The van der Waals surface area contributed by atoms with Crippen molar-refractivity contribution in [2.45, 2.75) is 51.1 Å². The van der Waals surface area contributed by atoms with Gasteiger partial charge in [-0.15, -0.1) is 0 Å². The minimum atomic E-state index is -0.242. The Morgan fingerprint density at radius 3 is 2.79 bits per heavy atom. The van der Waals surface area contributed by atoms with E-state index in [9.17, 15) is 9.59 Å². The van der Waals surface area contributed by atoms with E-state index in [0.29, 0.717) is 28.0 Å². The third kappa shape index (κ3) is 6.43. The van der Waals surface area contributed by atoms with Crippen LogP contribution in [0.25, 0.3) is 22.2 Å². The molecule has 5 rings (SSSR count). The highest BCUT2D eigenvalue weighted by molar-refractivity contribution is 6.33. The van der Waals surface area contributed by atoms with Crippen LogP contribution in [-0.2, 0) is 4.79 Å². The van der Waals surface area contributed by atoms with Crippen molar-refractivity contribution < 1.29 is 9.59 Å². The first-order chi connectivity index (χ1) is 19.0. The number of fused-ring (bicyclic) bond motifs is 1. The molecule has 0 bridgehead atoms. The number of rotatable bonds is 8. The quantitative estimate of drug-likeness (QED) is 0.210. The fourth-order valence-electron chi connectivity index (χ4n) is 4.82. The molecular weight excluding hydrogens is 514 g/mol. The van der Waals surface area contributed by atoms with Crippen LogP contribution in [0.2, 0.25) is 5.02 Å². The van der Waals surface area contributed by atoms with Gasteiger partial charge in [0.15, 0.2) is 0 Å². The van der Waals surface area contributed by atoms with Gasteiger partial charge in [-0.2, -0.15) is 0 Å². The summed E-state index contributed by atoms with van der Waals surface area (Å²) >= 11 is 6.49. The second kappa shape index (κ2) is 12.1. The number of carbonyl (C=O) groups excluding carboxylic acids is 2. The second-order valence-electron chi connectivity index (χ2n) is 9.54. The molecule has 200 valence electrons. The van der Waals surface area contributed by atoms with Crippen molar-refractivity contribution in [3.63, 3.8) is 0 Å². The van der Waals surface area contributed by atoms with Gasteiger partial charge in [0.1, 0.15) is 5.69 Å². The van der Waals surface area contributed by atoms with Crippen molar-refractivity contribution in [1.82, 2.24) is 25.3 Å². The molecule has 39 heavy (non-hydrogen) atoms. The van der Waals surface area contributed by atoms with Crippen LogP contribution in [0.1, 0.15) is 49.5 Å². The lowest BCUT2D eigenvalue weighted by atomic mass is 9.91. The van der Waals surface area contributed by atoms with Gasteiger partial charge < -0.3 is 20.9 Å². The average molecular weight is 544 g/mol. The molecule has 1 fully saturated rings. The van der Waals surface area contributed by atoms with Crippen molar-refractivity contribution in [3.8, 4) is 11.3 Å². The summed E-state index contributed by atoms with van der Waals surface area (Å²) in [7, 11) is 0. The highest BCUT2D eigenvalue weighted by atomic mass is 35.5. The van der Waals surface area contributed by atoms with Crippen molar-refractivity contribution in [2.75, 3.05) is 10.6 Å². The Bertz CT molecular complexity index is 1500. The molecule has 1 aliphatic rings. The molecule has 1 aromatic carbocycles. The third-order valence-electron chi connectivity index (χ3n) is 6.71. The van der Waals surface area contributed by atoms with Gasteiger partial charge in [0.25, 0.3) is 5.91 Å². The normalized spacial score (nSPS) is 17.3. The predicted octanol–water partition coefficient (Wildman–Crippen LogP) is 5.73. The van der Waals surface area contributed by atoms with Crippen molar-refractivity contribution in [3.05, 3.63) is 77.9 Å². The van der Waals surface area contributed by atoms with Crippen LogP contribution >= 0.6 is 11.6 Å². The van der Waals surface area contributed by atoms with Gasteiger partial charge in [0.05, 0.1) is 28.8 Å². The van der Waals surface area contributed by atoms with Gasteiger partial charge in [-0.25, -0.2) is 15.0 Å². The average Bonchev–Trinajstić information content (AvgIpc) is 3.43. The number of allylic oxidation sites excluding steroid dienone is 1. The maximum atomic E-state index is 12.8. The van der Waals surface area contributed by atoms with Gasteiger partial charge in [0, 0.05) is 34.7 Å². The van der Waals surface area contributed by atoms with Gasteiger partial charge in [0.2, 0.25) is 11.9 Å². The number of amides is 2. The number of hydrogen-bond donors (Lipinski definition) is 4. The molecule has 2 amide bonds. The van der Waals surface area contributed by atoms with Crippen molar-refractivity contribution in [2.24, 2.45) is 0 Å². The highest BCUT2D eigenvalue weighted by Crippen LogP contribution is 2.32. The first-order valence-corrected chi connectivity index (χ1v) is 13.5. The van der Waals surface area contributed by atoms with E-state index in [-0.39, 0.29) is 23.9 Å². The standard InChI is InChI=1S/C29H30ClN7O2/c1-2-3-10-26(38)34-20-11-12-25(32-16-20)28(39)35-18-6-4-7-19(15-18)36-29-33-17-23(30)27(37-29)22-8-5-9-24-21(22)13-14-31-24/h3,5,8-14,16-19,31H,2,4,6-7,15H2,1H3,(H,34,38)(H,35,39)(H,33,36,37)/b10-3+/t18-,19+/m0/s1. The number of aromatic amines is 1. The number of benzene rings is 1. The molecule has 3 heterocycles. The maximum Gasteiger partial charge on any atom is 0.270 e. The Hall–Kier alpha value is -4.24. The van der Waals surface area contributed by atoms with Crippen LogP contribution in [0.3, 0.4) is 0 Å². The molecule has 4 aromatic rings. The number of carbonyl (C=O) groups is 2. The smallest absolute Gasteiger partial charge is 0.270 e. The number of pyridine rings is 1. The topological polar surface area (TPSA) is 125 Å². The molecule has 0 saturated heterocycles. The van der Waals surface area contributed by atoms with E-state index in [1.165, 1.54) is 12.3 Å². The van der Waals surface area contributed by atoms with Crippen LogP contribution < -0.4 is 16.0 Å².